The molecule has 1 aliphatic heterocycles. The Labute approximate surface area is 119 Å². The molecule has 0 radical (unpaired) electrons. The Morgan fingerprint density at radius 3 is 2.50 bits per heavy atom. The minimum Gasteiger partial charge on any atom is -0.479 e. The van der Waals surface area contributed by atoms with Crippen molar-refractivity contribution in [1.82, 2.24) is 4.90 Å². The van der Waals surface area contributed by atoms with Crippen LogP contribution in [0, 0.1) is 0 Å². The van der Waals surface area contributed by atoms with E-state index in [0.29, 0.717) is 5.56 Å². The zero-order valence-corrected chi connectivity index (χ0v) is 11.5. The smallest absolute Gasteiger partial charge is 0.337 e. The van der Waals surface area contributed by atoms with Gasteiger partial charge in [0.05, 0.1) is 7.11 Å². The lowest BCUT2D eigenvalue weighted by molar-refractivity contribution is -0.146. The zero-order chi connectivity index (χ0) is 14.7. The number of amides is 1. The summed E-state index contributed by atoms with van der Waals surface area (Å²) in [6.45, 7) is 0. The van der Waals surface area contributed by atoms with Crippen LogP contribution >= 0.6 is 11.8 Å². The first-order valence-electron chi connectivity index (χ1n) is 5.86. The van der Waals surface area contributed by atoms with E-state index in [4.69, 9.17) is 0 Å². The number of benzene rings is 1. The van der Waals surface area contributed by atoms with Gasteiger partial charge in [0, 0.05) is 11.3 Å². The number of carbonyl (C=O) groups excluding carboxylic acids is 2. The molecule has 1 heterocycles. The standard InChI is InChI=1S/C13H13NO5S/c1-19-13(18)9-7-20-11(12(16)17)14(9)10(15)8-5-3-2-4-6-8/h2-6,9,11H,7H2,1H3,(H,16,17)/t9-,11-/m0/s1. The Balaban J connectivity index is 2.33. The van der Waals surface area contributed by atoms with Crippen LogP contribution in [-0.2, 0) is 14.3 Å². The van der Waals surface area contributed by atoms with Crippen molar-refractivity contribution in [2.75, 3.05) is 12.9 Å². The van der Waals surface area contributed by atoms with Crippen LogP contribution in [0.15, 0.2) is 30.3 Å². The molecule has 1 amide bonds. The van der Waals surface area contributed by atoms with Gasteiger partial charge in [0.25, 0.3) is 5.91 Å². The molecule has 20 heavy (non-hydrogen) atoms. The Bertz CT molecular complexity index is 533. The van der Waals surface area contributed by atoms with Gasteiger partial charge in [-0.1, -0.05) is 18.2 Å². The zero-order valence-electron chi connectivity index (χ0n) is 10.7. The summed E-state index contributed by atoms with van der Waals surface area (Å²) in [6.07, 6.45) is 0. The molecule has 0 saturated carbocycles. The number of ether oxygens (including phenoxy) is 1. The van der Waals surface area contributed by atoms with E-state index in [-0.39, 0.29) is 5.75 Å². The SMILES string of the molecule is COC(=O)[C@@H]1CS[C@@H](C(=O)O)N1C(=O)c1ccccc1. The van der Waals surface area contributed by atoms with Gasteiger partial charge in [0.15, 0.2) is 5.37 Å². The Hall–Kier alpha value is -2.02. The van der Waals surface area contributed by atoms with Crippen molar-refractivity contribution in [3.63, 3.8) is 0 Å². The van der Waals surface area contributed by atoms with E-state index in [1.807, 2.05) is 0 Å². The van der Waals surface area contributed by atoms with E-state index in [2.05, 4.69) is 4.74 Å². The van der Waals surface area contributed by atoms with Crippen LogP contribution in [0.4, 0.5) is 0 Å². The third kappa shape index (κ3) is 2.62. The number of esters is 1. The van der Waals surface area contributed by atoms with Crippen molar-refractivity contribution in [2.45, 2.75) is 11.4 Å². The van der Waals surface area contributed by atoms with E-state index in [1.165, 1.54) is 7.11 Å². The predicted molar refractivity (Wildman–Crippen MR) is 72.3 cm³/mol. The molecule has 1 aromatic carbocycles. The van der Waals surface area contributed by atoms with Crippen molar-refractivity contribution in [2.24, 2.45) is 0 Å². The second kappa shape index (κ2) is 5.96. The summed E-state index contributed by atoms with van der Waals surface area (Å²) in [4.78, 5) is 36.5. The number of aliphatic carboxylic acids is 1. The van der Waals surface area contributed by atoms with Gasteiger partial charge in [-0.15, -0.1) is 11.8 Å². The van der Waals surface area contributed by atoms with E-state index < -0.39 is 29.3 Å². The van der Waals surface area contributed by atoms with Crippen molar-refractivity contribution >= 4 is 29.6 Å². The molecule has 0 aliphatic carbocycles. The molecule has 7 heteroatoms. The summed E-state index contributed by atoms with van der Waals surface area (Å²) in [6, 6.07) is 7.40. The summed E-state index contributed by atoms with van der Waals surface area (Å²) in [7, 11) is 1.21. The summed E-state index contributed by atoms with van der Waals surface area (Å²) < 4.78 is 4.64. The number of methoxy groups -OCH3 is 1. The maximum absolute atomic E-state index is 12.4. The highest BCUT2D eigenvalue weighted by Gasteiger charge is 2.45. The molecular formula is C13H13NO5S. The molecule has 1 fully saturated rings. The fourth-order valence-corrected chi connectivity index (χ4v) is 3.20. The molecular weight excluding hydrogens is 282 g/mol. The fraction of sp³-hybridized carbons (Fsp3) is 0.308. The van der Waals surface area contributed by atoms with Crippen molar-refractivity contribution < 1.29 is 24.2 Å². The lowest BCUT2D eigenvalue weighted by atomic mass is 10.1. The number of carbonyl (C=O) groups is 3. The van der Waals surface area contributed by atoms with Gasteiger partial charge in [-0.25, -0.2) is 9.59 Å². The predicted octanol–water partition coefficient (Wildman–Crippen LogP) is 0.828. The fourth-order valence-electron chi connectivity index (χ4n) is 1.99. The molecule has 1 saturated heterocycles. The number of hydrogen-bond acceptors (Lipinski definition) is 5. The van der Waals surface area contributed by atoms with Gasteiger partial charge >= 0.3 is 11.9 Å². The monoisotopic (exact) mass is 295 g/mol. The summed E-state index contributed by atoms with van der Waals surface area (Å²) >= 11 is 1.04. The molecule has 1 aromatic rings. The third-order valence-electron chi connectivity index (χ3n) is 2.94. The van der Waals surface area contributed by atoms with Crippen LogP contribution in [0.1, 0.15) is 10.4 Å². The van der Waals surface area contributed by atoms with Crippen LogP contribution in [0.5, 0.6) is 0 Å². The van der Waals surface area contributed by atoms with E-state index in [0.717, 1.165) is 16.7 Å². The van der Waals surface area contributed by atoms with E-state index >= 15 is 0 Å². The molecule has 0 spiro atoms. The van der Waals surface area contributed by atoms with Crippen molar-refractivity contribution in [1.29, 1.82) is 0 Å². The lowest BCUT2D eigenvalue weighted by Crippen LogP contribution is -2.48. The molecule has 0 bridgehead atoms. The molecule has 106 valence electrons. The Kier molecular flexibility index (Phi) is 4.29. The minimum absolute atomic E-state index is 0.211. The molecule has 2 atom stereocenters. The quantitative estimate of drug-likeness (QED) is 0.831. The topological polar surface area (TPSA) is 83.9 Å². The third-order valence-corrected chi connectivity index (χ3v) is 4.19. The number of carboxylic acid groups (broad SMARTS) is 1. The Morgan fingerprint density at radius 1 is 1.30 bits per heavy atom. The van der Waals surface area contributed by atoms with Gasteiger partial charge in [-0.2, -0.15) is 0 Å². The molecule has 0 unspecified atom stereocenters. The van der Waals surface area contributed by atoms with Crippen LogP contribution in [0.2, 0.25) is 0 Å². The number of rotatable bonds is 3. The second-order valence-corrected chi connectivity index (χ2v) is 5.25. The van der Waals surface area contributed by atoms with Gasteiger partial charge in [0.2, 0.25) is 0 Å². The maximum Gasteiger partial charge on any atom is 0.337 e. The summed E-state index contributed by atoms with van der Waals surface area (Å²) in [5, 5.41) is 8.11. The van der Waals surface area contributed by atoms with Crippen LogP contribution in [-0.4, -0.2) is 52.1 Å². The van der Waals surface area contributed by atoms with Crippen LogP contribution in [0.3, 0.4) is 0 Å². The molecule has 2 rings (SSSR count). The average Bonchev–Trinajstić information content (AvgIpc) is 2.91. The molecule has 6 nitrogen and oxygen atoms in total. The second-order valence-electron chi connectivity index (χ2n) is 4.14. The first-order valence-corrected chi connectivity index (χ1v) is 6.91. The van der Waals surface area contributed by atoms with Crippen molar-refractivity contribution in [3.8, 4) is 0 Å². The largest absolute Gasteiger partial charge is 0.479 e. The van der Waals surface area contributed by atoms with Crippen LogP contribution in [0.25, 0.3) is 0 Å². The highest BCUT2D eigenvalue weighted by Crippen LogP contribution is 2.31. The number of thioether (sulfide) groups is 1. The van der Waals surface area contributed by atoms with Crippen LogP contribution < -0.4 is 0 Å². The highest BCUT2D eigenvalue weighted by molar-refractivity contribution is 8.00. The Morgan fingerprint density at radius 2 is 1.95 bits per heavy atom. The van der Waals surface area contributed by atoms with E-state index in [9.17, 15) is 19.5 Å². The molecule has 1 N–H and O–H groups in total. The minimum atomic E-state index is -1.15. The molecule has 0 aromatic heterocycles. The van der Waals surface area contributed by atoms with Crippen molar-refractivity contribution in [3.05, 3.63) is 35.9 Å². The number of carboxylic acids is 1. The average molecular weight is 295 g/mol. The maximum atomic E-state index is 12.4. The summed E-state index contributed by atoms with van der Waals surface area (Å²) in [5.74, 6) is -2.03. The first kappa shape index (κ1) is 14.4. The number of hydrogen-bond donors (Lipinski definition) is 1. The van der Waals surface area contributed by atoms with Gasteiger partial charge in [0.1, 0.15) is 6.04 Å². The lowest BCUT2D eigenvalue weighted by Gasteiger charge is -2.25. The normalized spacial score (nSPS) is 21.6. The van der Waals surface area contributed by atoms with Gasteiger partial charge in [-0.3, -0.25) is 4.79 Å². The van der Waals surface area contributed by atoms with E-state index in [1.54, 1.807) is 30.3 Å². The first-order chi connectivity index (χ1) is 9.56. The number of nitrogens with zero attached hydrogens (tertiary/aromatic N) is 1. The van der Waals surface area contributed by atoms with Gasteiger partial charge in [-0.05, 0) is 12.1 Å². The highest BCUT2D eigenvalue weighted by atomic mass is 32.2. The summed E-state index contributed by atoms with van der Waals surface area (Å²) in [5.41, 5.74) is 0.343. The van der Waals surface area contributed by atoms with Gasteiger partial charge < -0.3 is 14.7 Å². The molecule has 1 aliphatic rings.